The molecule has 25 heavy (non-hydrogen) atoms. The number of ether oxygens (including phenoxy) is 2. The van der Waals surface area contributed by atoms with E-state index in [0.29, 0.717) is 43.4 Å². The Labute approximate surface area is 146 Å². The molecule has 1 aliphatic rings. The molecule has 1 saturated heterocycles. The van der Waals surface area contributed by atoms with Gasteiger partial charge in [-0.2, -0.15) is 0 Å². The summed E-state index contributed by atoms with van der Waals surface area (Å²) in [5, 5.41) is 2.68. The van der Waals surface area contributed by atoms with Gasteiger partial charge in [-0.25, -0.2) is 0 Å². The van der Waals surface area contributed by atoms with Gasteiger partial charge in [-0.3, -0.25) is 14.4 Å². The van der Waals surface area contributed by atoms with Crippen LogP contribution in [-0.4, -0.2) is 67.9 Å². The van der Waals surface area contributed by atoms with E-state index in [4.69, 9.17) is 9.47 Å². The molecule has 1 N–H and O–H groups in total. The van der Waals surface area contributed by atoms with Crippen molar-refractivity contribution in [1.29, 1.82) is 0 Å². The first-order valence-corrected chi connectivity index (χ1v) is 7.99. The van der Waals surface area contributed by atoms with Gasteiger partial charge in [-0.15, -0.1) is 0 Å². The molecule has 1 aliphatic heterocycles. The summed E-state index contributed by atoms with van der Waals surface area (Å²) in [7, 11) is 3.03. The molecule has 8 heteroatoms. The zero-order valence-electron chi connectivity index (χ0n) is 14.7. The topological polar surface area (TPSA) is 88.2 Å². The average molecular weight is 349 g/mol. The van der Waals surface area contributed by atoms with Crippen LogP contribution >= 0.6 is 0 Å². The van der Waals surface area contributed by atoms with Gasteiger partial charge in [-0.1, -0.05) is 0 Å². The number of anilines is 1. The number of benzene rings is 1. The summed E-state index contributed by atoms with van der Waals surface area (Å²) in [6.07, 6.45) is -0.255. The Balaban J connectivity index is 1.90. The first-order chi connectivity index (χ1) is 11.9. The van der Waals surface area contributed by atoms with E-state index in [1.807, 2.05) is 0 Å². The Morgan fingerprint density at radius 2 is 1.68 bits per heavy atom. The Morgan fingerprint density at radius 3 is 2.24 bits per heavy atom. The number of rotatable bonds is 5. The third-order valence-corrected chi connectivity index (χ3v) is 4.07. The highest BCUT2D eigenvalue weighted by Crippen LogP contribution is 2.29. The van der Waals surface area contributed by atoms with Crippen molar-refractivity contribution in [2.75, 3.05) is 45.7 Å². The summed E-state index contributed by atoms with van der Waals surface area (Å²) in [5.41, 5.74) is 0.475. The predicted octanol–water partition coefficient (Wildman–Crippen LogP) is 0.723. The molecule has 8 nitrogen and oxygen atoms in total. The van der Waals surface area contributed by atoms with Crippen LogP contribution in [0.2, 0.25) is 0 Å². The highest BCUT2D eigenvalue weighted by atomic mass is 16.5. The van der Waals surface area contributed by atoms with Crippen molar-refractivity contribution < 1.29 is 23.9 Å². The molecule has 1 aromatic carbocycles. The zero-order valence-corrected chi connectivity index (χ0v) is 14.7. The van der Waals surface area contributed by atoms with Gasteiger partial charge in [0.05, 0.1) is 19.9 Å². The normalized spacial score (nSPS) is 14.0. The van der Waals surface area contributed by atoms with Crippen LogP contribution in [0.15, 0.2) is 18.2 Å². The van der Waals surface area contributed by atoms with Gasteiger partial charge >= 0.3 is 0 Å². The minimum Gasteiger partial charge on any atom is -0.497 e. The first-order valence-electron chi connectivity index (χ1n) is 7.99. The summed E-state index contributed by atoms with van der Waals surface area (Å²) in [5.74, 6) is 0.386. The van der Waals surface area contributed by atoms with Crippen LogP contribution < -0.4 is 14.8 Å². The van der Waals surface area contributed by atoms with Crippen molar-refractivity contribution in [3.8, 4) is 11.5 Å². The maximum absolute atomic E-state index is 12.2. The fraction of sp³-hybridized carbons (Fsp3) is 0.471. The average Bonchev–Trinajstić information content (AvgIpc) is 2.61. The molecule has 136 valence electrons. The lowest BCUT2D eigenvalue weighted by Gasteiger charge is -2.34. The molecule has 0 aromatic heterocycles. The van der Waals surface area contributed by atoms with E-state index >= 15 is 0 Å². The molecule has 0 saturated carbocycles. The van der Waals surface area contributed by atoms with E-state index in [-0.39, 0.29) is 18.2 Å². The second kappa shape index (κ2) is 8.36. The van der Waals surface area contributed by atoms with E-state index in [2.05, 4.69) is 5.32 Å². The molecular weight excluding hydrogens is 326 g/mol. The fourth-order valence-corrected chi connectivity index (χ4v) is 2.62. The van der Waals surface area contributed by atoms with Gasteiger partial charge in [0.25, 0.3) is 0 Å². The molecule has 0 bridgehead atoms. The lowest BCUT2D eigenvalue weighted by molar-refractivity contribution is -0.140. The number of amides is 3. The maximum Gasteiger partial charge on any atom is 0.233 e. The van der Waals surface area contributed by atoms with Crippen LogP contribution in [0, 0.1) is 0 Å². The number of hydrogen-bond donors (Lipinski definition) is 1. The Hall–Kier alpha value is -2.77. The monoisotopic (exact) mass is 349 g/mol. The number of methoxy groups -OCH3 is 2. The maximum atomic E-state index is 12.2. The smallest absolute Gasteiger partial charge is 0.233 e. The molecule has 0 aliphatic carbocycles. The second-order valence-electron chi connectivity index (χ2n) is 5.68. The third-order valence-electron chi connectivity index (χ3n) is 4.07. The van der Waals surface area contributed by atoms with Crippen LogP contribution in [0.4, 0.5) is 5.69 Å². The highest BCUT2D eigenvalue weighted by Gasteiger charge is 2.24. The minimum atomic E-state index is -0.414. The quantitative estimate of drug-likeness (QED) is 0.792. The fourth-order valence-electron chi connectivity index (χ4n) is 2.62. The molecule has 1 fully saturated rings. The summed E-state index contributed by atoms with van der Waals surface area (Å²) < 4.78 is 10.3. The lowest BCUT2D eigenvalue weighted by Crippen LogP contribution is -2.50. The van der Waals surface area contributed by atoms with Crippen molar-refractivity contribution in [2.24, 2.45) is 0 Å². The largest absolute Gasteiger partial charge is 0.497 e. The van der Waals surface area contributed by atoms with Crippen LogP contribution in [0.25, 0.3) is 0 Å². The van der Waals surface area contributed by atoms with Crippen LogP contribution in [-0.2, 0) is 14.4 Å². The van der Waals surface area contributed by atoms with Gasteiger partial charge < -0.3 is 24.6 Å². The van der Waals surface area contributed by atoms with Crippen LogP contribution in [0.1, 0.15) is 13.3 Å². The van der Waals surface area contributed by atoms with Gasteiger partial charge in [0, 0.05) is 39.2 Å². The molecule has 0 atom stereocenters. The highest BCUT2D eigenvalue weighted by molar-refractivity contribution is 6.04. The zero-order chi connectivity index (χ0) is 18.4. The predicted molar refractivity (Wildman–Crippen MR) is 91.6 cm³/mol. The van der Waals surface area contributed by atoms with Crippen LogP contribution in [0.5, 0.6) is 11.5 Å². The molecule has 0 spiro atoms. The Kier molecular flexibility index (Phi) is 6.21. The number of hydrogen-bond acceptors (Lipinski definition) is 5. The van der Waals surface area contributed by atoms with E-state index < -0.39 is 5.91 Å². The second-order valence-corrected chi connectivity index (χ2v) is 5.68. The molecular formula is C17H23N3O5. The standard InChI is InChI=1S/C17H23N3O5/c1-12(21)19-6-8-20(9-7-19)17(23)11-16(22)18-14-5-4-13(24-2)10-15(14)25-3/h4-5,10H,6-9,11H2,1-3H3,(H,18,22). The van der Waals surface area contributed by atoms with Crippen molar-refractivity contribution in [2.45, 2.75) is 13.3 Å². The molecule has 0 unspecified atom stereocenters. The molecule has 1 aromatic rings. The Morgan fingerprint density at radius 1 is 1.04 bits per heavy atom. The molecule has 2 rings (SSSR count). The number of carbonyl (C=O) groups is 3. The molecule has 1 heterocycles. The van der Waals surface area contributed by atoms with Gasteiger partial charge in [-0.05, 0) is 12.1 Å². The van der Waals surface area contributed by atoms with E-state index in [1.165, 1.54) is 21.1 Å². The van der Waals surface area contributed by atoms with Crippen LogP contribution in [0.3, 0.4) is 0 Å². The summed E-state index contributed by atoms with van der Waals surface area (Å²) in [6.45, 7) is 3.38. The minimum absolute atomic E-state index is 0.00329. The van der Waals surface area contributed by atoms with Gasteiger partial charge in [0.2, 0.25) is 17.7 Å². The van der Waals surface area contributed by atoms with Crippen molar-refractivity contribution in [3.05, 3.63) is 18.2 Å². The van der Waals surface area contributed by atoms with Gasteiger partial charge in [0.1, 0.15) is 17.9 Å². The lowest BCUT2D eigenvalue weighted by atomic mass is 10.2. The third kappa shape index (κ3) is 4.85. The summed E-state index contributed by atoms with van der Waals surface area (Å²) in [6, 6.07) is 5.00. The first kappa shape index (κ1) is 18.6. The molecule has 0 radical (unpaired) electrons. The van der Waals surface area contributed by atoms with E-state index in [1.54, 1.807) is 28.0 Å². The summed E-state index contributed by atoms with van der Waals surface area (Å²) >= 11 is 0. The number of nitrogens with zero attached hydrogens (tertiary/aromatic N) is 2. The Bertz CT molecular complexity index is 654. The number of carbonyl (C=O) groups excluding carboxylic acids is 3. The van der Waals surface area contributed by atoms with Gasteiger partial charge in [0.15, 0.2) is 0 Å². The van der Waals surface area contributed by atoms with Crippen molar-refractivity contribution >= 4 is 23.4 Å². The van der Waals surface area contributed by atoms with E-state index in [0.717, 1.165) is 0 Å². The van der Waals surface area contributed by atoms with Crippen molar-refractivity contribution in [3.63, 3.8) is 0 Å². The van der Waals surface area contributed by atoms with E-state index in [9.17, 15) is 14.4 Å². The number of nitrogens with one attached hydrogen (secondary N) is 1. The summed E-state index contributed by atoms with van der Waals surface area (Å²) in [4.78, 5) is 39.0. The number of piperazine rings is 1. The molecule has 3 amide bonds. The van der Waals surface area contributed by atoms with Crippen molar-refractivity contribution in [1.82, 2.24) is 9.80 Å². The SMILES string of the molecule is COc1ccc(NC(=O)CC(=O)N2CCN(C(C)=O)CC2)c(OC)c1.